The van der Waals surface area contributed by atoms with Gasteiger partial charge < -0.3 is 0 Å². The van der Waals surface area contributed by atoms with Crippen molar-refractivity contribution < 1.29 is 0 Å². The van der Waals surface area contributed by atoms with Crippen LogP contribution in [0.5, 0.6) is 0 Å². The summed E-state index contributed by atoms with van der Waals surface area (Å²) in [4.78, 5) is 0. The molecule has 0 unspecified atom stereocenters. The first-order chi connectivity index (χ1) is 6.33. The van der Waals surface area contributed by atoms with Gasteiger partial charge in [0, 0.05) is 10.9 Å². The topological polar surface area (TPSA) is 0 Å². The lowest BCUT2D eigenvalue weighted by Crippen LogP contribution is -1.79. The van der Waals surface area contributed by atoms with Crippen LogP contribution in [-0.4, -0.2) is 5.88 Å². The van der Waals surface area contributed by atoms with E-state index in [2.05, 4.69) is 18.2 Å². The molecule has 0 saturated heterocycles. The van der Waals surface area contributed by atoms with Crippen LogP contribution in [0.15, 0.2) is 36.4 Å². The zero-order chi connectivity index (χ0) is 9.52. The van der Waals surface area contributed by atoms with E-state index in [9.17, 15) is 0 Å². The van der Waals surface area contributed by atoms with Crippen molar-refractivity contribution >= 4 is 23.2 Å². The molecule has 1 aromatic rings. The Morgan fingerprint density at radius 1 is 1.23 bits per heavy atom. The van der Waals surface area contributed by atoms with E-state index in [1.54, 1.807) is 0 Å². The van der Waals surface area contributed by atoms with Gasteiger partial charge in [-0.25, -0.2) is 0 Å². The highest BCUT2D eigenvalue weighted by Gasteiger charge is 1.90. The van der Waals surface area contributed by atoms with Crippen LogP contribution >= 0.6 is 23.2 Å². The van der Waals surface area contributed by atoms with Gasteiger partial charge in [-0.05, 0) is 30.5 Å². The fourth-order valence-electron chi connectivity index (χ4n) is 1.06. The van der Waals surface area contributed by atoms with E-state index in [0.717, 1.165) is 17.9 Å². The van der Waals surface area contributed by atoms with Gasteiger partial charge in [0.05, 0.1) is 0 Å². The summed E-state index contributed by atoms with van der Waals surface area (Å²) in [6.07, 6.45) is 6.07. The molecule has 0 N–H and O–H groups in total. The van der Waals surface area contributed by atoms with E-state index in [1.807, 2.05) is 18.2 Å². The molecule has 1 rings (SSSR count). The van der Waals surface area contributed by atoms with Crippen molar-refractivity contribution in [3.63, 3.8) is 0 Å². The largest absolute Gasteiger partial charge is 0.126 e. The quantitative estimate of drug-likeness (QED) is 0.524. The van der Waals surface area contributed by atoms with E-state index in [0.29, 0.717) is 5.88 Å². The van der Waals surface area contributed by atoms with Crippen molar-refractivity contribution in [2.24, 2.45) is 0 Å². The average molecular weight is 215 g/mol. The van der Waals surface area contributed by atoms with Gasteiger partial charge in [0.2, 0.25) is 0 Å². The van der Waals surface area contributed by atoms with Crippen LogP contribution in [0.4, 0.5) is 0 Å². The molecule has 0 atom stereocenters. The summed E-state index contributed by atoms with van der Waals surface area (Å²) < 4.78 is 0. The van der Waals surface area contributed by atoms with Crippen LogP contribution in [-0.2, 0) is 6.42 Å². The average Bonchev–Trinajstić information content (AvgIpc) is 2.13. The molecule has 2 heteroatoms. The van der Waals surface area contributed by atoms with Crippen molar-refractivity contribution in [2.75, 3.05) is 5.88 Å². The van der Waals surface area contributed by atoms with Crippen LogP contribution in [0.25, 0.3) is 0 Å². The lowest BCUT2D eigenvalue weighted by molar-refractivity contribution is 1.18. The normalized spacial score (nSPS) is 10.9. The van der Waals surface area contributed by atoms with Gasteiger partial charge in [-0.1, -0.05) is 35.9 Å². The van der Waals surface area contributed by atoms with Gasteiger partial charge in [-0.2, -0.15) is 0 Å². The number of rotatable bonds is 4. The Morgan fingerprint density at radius 2 is 2.08 bits per heavy atom. The highest BCUT2D eigenvalue weighted by molar-refractivity contribution is 6.30. The molecule has 0 nitrogen and oxygen atoms in total. The number of allylic oxidation sites excluding steroid dienone is 2. The summed E-state index contributed by atoms with van der Waals surface area (Å²) >= 11 is 11.4. The number of halogens is 2. The SMILES string of the molecule is ClCCC=CCc1cccc(Cl)c1. The monoisotopic (exact) mass is 214 g/mol. The smallest absolute Gasteiger partial charge is 0.0408 e. The second-order valence-electron chi connectivity index (χ2n) is 2.78. The van der Waals surface area contributed by atoms with E-state index in [1.165, 1.54) is 5.56 Å². The minimum absolute atomic E-state index is 0.687. The molecule has 0 aliphatic carbocycles. The standard InChI is InChI=1S/C11H12Cl2/c12-8-3-1-2-5-10-6-4-7-11(13)9-10/h1-2,4,6-7,9H,3,5,8H2. The molecular weight excluding hydrogens is 203 g/mol. The van der Waals surface area contributed by atoms with Crippen LogP contribution in [0.1, 0.15) is 12.0 Å². The summed E-state index contributed by atoms with van der Waals surface area (Å²) in [5, 5.41) is 0.795. The molecule has 0 amide bonds. The van der Waals surface area contributed by atoms with Gasteiger partial charge >= 0.3 is 0 Å². The summed E-state index contributed by atoms with van der Waals surface area (Å²) in [7, 11) is 0. The lowest BCUT2D eigenvalue weighted by Gasteiger charge is -1.96. The van der Waals surface area contributed by atoms with Crippen molar-refractivity contribution in [1.82, 2.24) is 0 Å². The van der Waals surface area contributed by atoms with Crippen molar-refractivity contribution in [3.8, 4) is 0 Å². The maximum absolute atomic E-state index is 5.84. The first-order valence-electron chi connectivity index (χ1n) is 4.28. The number of hydrogen-bond donors (Lipinski definition) is 0. The Balaban J connectivity index is 2.45. The molecule has 0 aliphatic rings. The van der Waals surface area contributed by atoms with Crippen molar-refractivity contribution in [2.45, 2.75) is 12.8 Å². The Kier molecular flexibility index (Phi) is 4.95. The number of hydrogen-bond acceptors (Lipinski definition) is 0. The summed E-state index contributed by atoms with van der Waals surface area (Å²) in [5.41, 5.74) is 1.23. The molecule has 0 aromatic heterocycles. The van der Waals surface area contributed by atoms with Crippen molar-refractivity contribution in [1.29, 1.82) is 0 Å². The molecule has 1 aromatic carbocycles. The molecule has 0 bridgehead atoms. The zero-order valence-electron chi connectivity index (χ0n) is 7.34. The van der Waals surface area contributed by atoms with Gasteiger partial charge in [-0.15, -0.1) is 11.6 Å². The predicted octanol–water partition coefficient (Wildman–Crippen LogP) is 4.07. The zero-order valence-corrected chi connectivity index (χ0v) is 8.85. The summed E-state index contributed by atoms with van der Waals surface area (Å²) in [5.74, 6) is 0.687. The summed E-state index contributed by atoms with van der Waals surface area (Å²) in [6.45, 7) is 0. The first-order valence-corrected chi connectivity index (χ1v) is 5.19. The van der Waals surface area contributed by atoms with E-state index in [4.69, 9.17) is 23.2 Å². The fourth-order valence-corrected chi connectivity index (χ4v) is 1.40. The van der Waals surface area contributed by atoms with Crippen LogP contribution in [0, 0.1) is 0 Å². The highest BCUT2D eigenvalue weighted by Crippen LogP contribution is 2.11. The van der Waals surface area contributed by atoms with Gasteiger partial charge in [-0.3, -0.25) is 0 Å². The highest BCUT2D eigenvalue weighted by atomic mass is 35.5. The fraction of sp³-hybridized carbons (Fsp3) is 0.273. The Labute approximate surface area is 89.2 Å². The van der Waals surface area contributed by atoms with E-state index >= 15 is 0 Å². The Morgan fingerprint density at radius 3 is 2.77 bits per heavy atom. The molecule has 0 aliphatic heterocycles. The minimum Gasteiger partial charge on any atom is -0.126 e. The number of alkyl halides is 1. The lowest BCUT2D eigenvalue weighted by atomic mass is 10.1. The van der Waals surface area contributed by atoms with Crippen LogP contribution < -0.4 is 0 Å². The van der Waals surface area contributed by atoms with E-state index in [-0.39, 0.29) is 0 Å². The maximum atomic E-state index is 5.84. The molecule has 0 heterocycles. The third kappa shape index (κ3) is 4.35. The van der Waals surface area contributed by atoms with Gasteiger partial charge in [0.15, 0.2) is 0 Å². The molecule has 0 saturated carbocycles. The van der Waals surface area contributed by atoms with Crippen LogP contribution in [0.3, 0.4) is 0 Å². The molecule has 0 spiro atoms. The van der Waals surface area contributed by atoms with E-state index < -0.39 is 0 Å². The second kappa shape index (κ2) is 6.06. The molecule has 13 heavy (non-hydrogen) atoms. The van der Waals surface area contributed by atoms with Crippen LogP contribution in [0.2, 0.25) is 5.02 Å². The minimum atomic E-state index is 0.687. The predicted molar refractivity (Wildman–Crippen MR) is 59.6 cm³/mol. The molecular formula is C11H12Cl2. The third-order valence-corrected chi connectivity index (χ3v) is 2.14. The Hall–Kier alpha value is -0.460. The van der Waals surface area contributed by atoms with Gasteiger partial charge in [0.25, 0.3) is 0 Å². The maximum Gasteiger partial charge on any atom is 0.0408 e. The number of benzene rings is 1. The third-order valence-electron chi connectivity index (χ3n) is 1.69. The first kappa shape index (κ1) is 10.6. The molecule has 0 radical (unpaired) electrons. The van der Waals surface area contributed by atoms with Gasteiger partial charge in [0.1, 0.15) is 0 Å². The molecule has 0 fully saturated rings. The second-order valence-corrected chi connectivity index (χ2v) is 3.60. The summed E-state index contributed by atoms with van der Waals surface area (Å²) in [6, 6.07) is 7.89. The van der Waals surface area contributed by atoms with Crippen molar-refractivity contribution in [3.05, 3.63) is 47.0 Å². The Bertz CT molecular complexity index is 279. The molecule has 70 valence electrons.